The second kappa shape index (κ2) is 24.6. The molecule has 80 heavy (non-hydrogen) atoms. The van der Waals surface area contributed by atoms with Crippen molar-refractivity contribution in [1.29, 1.82) is 0 Å². The van der Waals surface area contributed by atoms with Gasteiger partial charge in [0, 0.05) is 92.5 Å². The number of carbonyl (C=O) groups is 2. The number of aryl methyl sites for hydroxylation is 2. The SMILES string of the molecule is CC(C)(C)c1cc(N)nn1CC(F)F.COc1c(Oc2ccnc(CC(C)=O)c2)cnc2nc(Cl)n(C)c12.COc1c(Oc2ccnc(CC(C)=O)c2)cnc2nc(Nc3cc(C(C)(C)C)n(-c4ccn(CC(F)F)c4)n3)n(C)c12. The van der Waals surface area contributed by atoms with Crippen LogP contribution in [-0.2, 0) is 60.4 Å². The van der Waals surface area contributed by atoms with E-state index in [9.17, 15) is 27.2 Å². The minimum atomic E-state index is -2.45. The number of imidazole rings is 2. The zero-order chi connectivity index (χ0) is 58.4. The van der Waals surface area contributed by atoms with Crippen molar-refractivity contribution < 1.29 is 46.1 Å². The quantitative estimate of drug-likeness (QED) is 0.0806. The first kappa shape index (κ1) is 59.1. The number of alkyl halides is 4. The highest BCUT2D eigenvalue weighted by molar-refractivity contribution is 6.29. The third-order valence-electron chi connectivity index (χ3n) is 11.8. The number of nitrogens with two attached hydrogens (primary N) is 1. The predicted molar refractivity (Wildman–Crippen MR) is 293 cm³/mol. The number of pyridine rings is 4. The molecule has 9 aromatic rings. The third kappa shape index (κ3) is 14.3. The molecule has 0 aromatic carbocycles. The van der Waals surface area contributed by atoms with Crippen LogP contribution in [0.1, 0.15) is 78.2 Å². The number of Topliss-reactive ketones (excluding diaryl/α,β-unsaturated/α-hetero) is 2. The number of rotatable bonds is 17. The molecule has 0 bridgehead atoms. The van der Waals surface area contributed by atoms with Crippen LogP contribution in [0, 0.1) is 0 Å². The van der Waals surface area contributed by atoms with E-state index in [0.717, 1.165) is 11.4 Å². The fourth-order valence-electron chi connectivity index (χ4n) is 8.29. The highest BCUT2D eigenvalue weighted by atomic mass is 35.5. The maximum Gasteiger partial charge on any atom is 0.257 e. The lowest BCUT2D eigenvalue weighted by Crippen LogP contribution is -2.20. The van der Waals surface area contributed by atoms with Crippen molar-refractivity contribution in [2.45, 2.75) is 105 Å². The second-order valence-corrected chi connectivity index (χ2v) is 20.8. The van der Waals surface area contributed by atoms with E-state index in [1.54, 1.807) is 82.0 Å². The third-order valence-corrected chi connectivity index (χ3v) is 12.1. The molecule has 0 spiro atoms. The highest BCUT2D eigenvalue weighted by Crippen LogP contribution is 2.40. The van der Waals surface area contributed by atoms with Gasteiger partial charge in [-0.05, 0) is 43.6 Å². The molecule has 3 N–H and O–H groups in total. The number of halogens is 5. The molecule has 0 radical (unpaired) electrons. The van der Waals surface area contributed by atoms with Crippen LogP contribution in [0.15, 0.2) is 79.6 Å². The Balaban J connectivity index is 0.000000203. The van der Waals surface area contributed by atoms with Gasteiger partial charge in [-0.2, -0.15) is 15.1 Å². The zero-order valence-corrected chi connectivity index (χ0v) is 47.0. The van der Waals surface area contributed by atoms with Gasteiger partial charge in [0.2, 0.25) is 11.2 Å². The van der Waals surface area contributed by atoms with Gasteiger partial charge < -0.3 is 43.7 Å². The van der Waals surface area contributed by atoms with Gasteiger partial charge in [0.05, 0.1) is 55.9 Å². The lowest BCUT2D eigenvalue weighted by molar-refractivity contribution is -0.117. The Bertz CT molecular complexity index is 3650. The maximum atomic E-state index is 12.9. The lowest BCUT2D eigenvalue weighted by Gasteiger charge is -2.19. The standard InChI is InChI=1S/C29H32F2N8O3.C16H15ClN4O3.C9H15F2N3/c1-17(40)11-18-12-20(7-9-32-18)42-21-14-33-27-25(26(21)41-6)37(5)28(35-27)34-24-13-22(29(2,3)4)39(36-24)19-8-10-38(15-19)16-23(30)31;1-9(22)6-10-7-11(4-5-18-10)24-12-8-19-15-13(14(12)23-3)21(2)16(17)20-15;1-9(2,3)6-4-8(12)13-14(6)5-7(10)11/h7-10,12-15,23H,11,16H2,1-6H3,(H,33,34,35,36);4-5,7-8H,6H2,1-3H3;4,7H,5H2,1-3H3,(H2,12,13). The number of hydrogen-bond acceptors (Lipinski definition) is 16. The fraction of sp³-hybridized carbons (Fsp3) is 0.370. The van der Waals surface area contributed by atoms with Crippen LogP contribution in [0.5, 0.6) is 34.5 Å². The van der Waals surface area contributed by atoms with Crippen LogP contribution in [0.3, 0.4) is 0 Å². The smallest absolute Gasteiger partial charge is 0.257 e. The van der Waals surface area contributed by atoms with Crippen LogP contribution >= 0.6 is 11.6 Å². The average molecular weight is 1130 g/mol. The van der Waals surface area contributed by atoms with Crippen molar-refractivity contribution in [2.75, 3.05) is 25.3 Å². The normalized spacial score (nSPS) is 11.6. The molecule has 424 valence electrons. The van der Waals surface area contributed by atoms with Crippen molar-refractivity contribution in [2.24, 2.45) is 14.1 Å². The number of ether oxygens (including phenoxy) is 4. The van der Waals surface area contributed by atoms with Gasteiger partial charge in [0.15, 0.2) is 40.1 Å². The van der Waals surface area contributed by atoms with Gasteiger partial charge in [-0.1, -0.05) is 41.5 Å². The summed E-state index contributed by atoms with van der Waals surface area (Å²) < 4.78 is 81.3. The molecule has 9 aromatic heterocycles. The second-order valence-electron chi connectivity index (χ2n) is 20.5. The molecule has 0 unspecified atom stereocenters. The van der Waals surface area contributed by atoms with E-state index in [1.807, 2.05) is 33.9 Å². The average Bonchev–Trinajstić information content (AvgIpc) is 4.35. The largest absolute Gasteiger partial charge is 0.491 e. The maximum absolute atomic E-state index is 12.9. The Morgan fingerprint density at radius 2 is 1.23 bits per heavy atom. The van der Waals surface area contributed by atoms with Crippen molar-refractivity contribution in [3.05, 3.63) is 108 Å². The van der Waals surface area contributed by atoms with Gasteiger partial charge in [-0.15, -0.1) is 5.10 Å². The molecule has 0 aliphatic carbocycles. The van der Waals surface area contributed by atoms with Gasteiger partial charge in [0.25, 0.3) is 12.9 Å². The summed E-state index contributed by atoms with van der Waals surface area (Å²) in [6.45, 7) is 14.2. The summed E-state index contributed by atoms with van der Waals surface area (Å²) >= 11 is 6.04. The molecule has 9 heterocycles. The van der Waals surface area contributed by atoms with Crippen molar-refractivity contribution in [3.63, 3.8) is 0 Å². The van der Waals surface area contributed by atoms with E-state index in [4.69, 9.17) is 41.4 Å². The molecule has 0 fully saturated rings. The topological polar surface area (TPSA) is 237 Å². The van der Waals surface area contributed by atoms with Crippen molar-refractivity contribution in [1.82, 2.24) is 63.2 Å². The number of fused-ring (bicyclic) bond motifs is 2. The Kier molecular flexibility index (Phi) is 18.2. The van der Waals surface area contributed by atoms with Crippen LogP contribution in [0.25, 0.3) is 28.0 Å². The number of anilines is 3. The number of nitrogens with one attached hydrogen (secondary N) is 1. The number of ketones is 2. The van der Waals surface area contributed by atoms with E-state index in [-0.39, 0.29) is 41.1 Å². The summed E-state index contributed by atoms with van der Waals surface area (Å²) in [6.07, 6.45) is 5.08. The number of nitrogen functional groups attached to an aromatic ring is 1. The van der Waals surface area contributed by atoms with Crippen LogP contribution in [0.2, 0.25) is 5.28 Å². The molecule has 0 amide bonds. The number of carbonyl (C=O) groups excluding carboxylic acids is 2. The predicted octanol–water partition coefficient (Wildman–Crippen LogP) is 10.6. The molecular formula is C54H62ClF4N15O6. The molecular weight excluding hydrogens is 1070 g/mol. The molecule has 26 heteroatoms. The Hall–Kier alpha value is -8.61. The minimum Gasteiger partial charge on any atom is -0.491 e. The van der Waals surface area contributed by atoms with Crippen molar-refractivity contribution in [3.8, 4) is 40.2 Å². The van der Waals surface area contributed by atoms with Gasteiger partial charge >= 0.3 is 0 Å². The van der Waals surface area contributed by atoms with Gasteiger partial charge in [-0.25, -0.2) is 32.2 Å². The molecule has 0 aliphatic heterocycles. The van der Waals surface area contributed by atoms with Gasteiger partial charge in [-0.3, -0.25) is 24.2 Å². The van der Waals surface area contributed by atoms with E-state index in [0.29, 0.717) is 90.9 Å². The van der Waals surface area contributed by atoms with E-state index in [1.165, 1.54) is 49.7 Å². The summed E-state index contributed by atoms with van der Waals surface area (Å²) in [5.74, 6) is 4.02. The molecule has 0 saturated heterocycles. The number of aromatic nitrogens is 13. The van der Waals surface area contributed by atoms with Gasteiger partial charge in [0.1, 0.15) is 46.5 Å². The number of hydrogen-bond donors (Lipinski definition) is 2. The van der Waals surface area contributed by atoms with Crippen LogP contribution in [-0.4, -0.2) is 102 Å². The van der Waals surface area contributed by atoms with Crippen LogP contribution < -0.4 is 30.0 Å². The first-order chi connectivity index (χ1) is 37.7. The lowest BCUT2D eigenvalue weighted by atomic mass is 9.92. The Morgan fingerprint density at radius 1 is 0.700 bits per heavy atom. The highest BCUT2D eigenvalue weighted by Gasteiger charge is 2.26. The Labute approximate surface area is 463 Å². The zero-order valence-electron chi connectivity index (χ0n) is 46.2. The number of nitrogens with zero attached hydrogens (tertiary/aromatic N) is 13. The summed E-state index contributed by atoms with van der Waals surface area (Å²) in [5.41, 5.74) is 10.6. The number of methoxy groups -OCH3 is 2. The molecule has 0 atom stereocenters. The molecule has 0 aliphatic rings. The first-order valence-electron chi connectivity index (χ1n) is 24.8. The summed E-state index contributed by atoms with van der Waals surface area (Å²) in [5, 5.41) is 12.1. The molecule has 0 saturated carbocycles. The van der Waals surface area contributed by atoms with E-state index >= 15 is 0 Å². The molecule has 21 nitrogen and oxygen atoms in total. The van der Waals surface area contributed by atoms with E-state index < -0.39 is 25.9 Å². The summed E-state index contributed by atoms with van der Waals surface area (Å²) in [6, 6.07) is 12.1. The molecule has 9 rings (SSSR count). The summed E-state index contributed by atoms with van der Waals surface area (Å²) in [4.78, 5) is 48.6. The monoisotopic (exact) mass is 1130 g/mol. The first-order valence-corrected chi connectivity index (χ1v) is 25.2. The van der Waals surface area contributed by atoms with Crippen molar-refractivity contribution >= 4 is 63.1 Å². The van der Waals surface area contributed by atoms with Crippen LogP contribution in [0.4, 0.5) is 35.1 Å². The summed E-state index contributed by atoms with van der Waals surface area (Å²) in [7, 11) is 6.65. The minimum absolute atomic E-state index is 0.000159. The van der Waals surface area contributed by atoms with E-state index in [2.05, 4.69) is 61.1 Å². The Morgan fingerprint density at radius 3 is 1.73 bits per heavy atom. The fourth-order valence-corrected chi connectivity index (χ4v) is 8.46.